The van der Waals surface area contributed by atoms with E-state index in [9.17, 15) is 14.0 Å². The van der Waals surface area contributed by atoms with Crippen molar-refractivity contribution in [1.82, 2.24) is 15.1 Å². The quantitative estimate of drug-likeness (QED) is 0.639. The summed E-state index contributed by atoms with van der Waals surface area (Å²) in [6.07, 6.45) is 0. The molecule has 1 aliphatic heterocycles. The van der Waals surface area contributed by atoms with E-state index in [4.69, 9.17) is 14.2 Å². The fourth-order valence-corrected chi connectivity index (χ4v) is 2.85. The number of rotatable bonds is 7. The Hall–Kier alpha value is -3.88. The summed E-state index contributed by atoms with van der Waals surface area (Å²) in [7, 11) is 0. The molecule has 0 aliphatic carbocycles. The molecule has 154 valence electrons. The zero-order valence-corrected chi connectivity index (χ0v) is 15.8. The Morgan fingerprint density at radius 3 is 2.73 bits per heavy atom. The number of benzene rings is 2. The van der Waals surface area contributed by atoms with Crippen LogP contribution in [0.15, 0.2) is 59.4 Å². The summed E-state index contributed by atoms with van der Waals surface area (Å²) < 4.78 is 30.2. The maximum atomic E-state index is 13.1. The van der Waals surface area contributed by atoms with E-state index in [1.165, 1.54) is 22.9 Å². The first kappa shape index (κ1) is 19.4. The Morgan fingerprint density at radius 1 is 1.10 bits per heavy atom. The molecule has 2 aromatic carbocycles. The minimum atomic E-state index is -0.349. The van der Waals surface area contributed by atoms with E-state index in [0.29, 0.717) is 28.5 Å². The highest BCUT2D eigenvalue weighted by molar-refractivity contribution is 5.77. The van der Waals surface area contributed by atoms with Gasteiger partial charge >= 0.3 is 0 Å². The molecule has 0 saturated heterocycles. The van der Waals surface area contributed by atoms with Gasteiger partial charge in [-0.2, -0.15) is 5.10 Å². The van der Waals surface area contributed by atoms with Crippen LogP contribution in [0.5, 0.6) is 17.2 Å². The molecule has 1 aliphatic rings. The van der Waals surface area contributed by atoms with Gasteiger partial charge < -0.3 is 19.5 Å². The minimum absolute atomic E-state index is 0.162. The second-order valence-corrected chi connectivity index (χ2v) is 6.44. The first-order valence-electron chi connectivity index (χ1n) is 9.22. The standard InChI is InChI=1S/C21H18FN3O5/c22-15-3-1-14(2-4-15)17-6-8-21(27)25(24-17)10-9-23-20(26)12-28-16-5-7-18-19(11-16)30-13-29-18/h1-8,11H,9-10,12-13H2,(H,23,26). The zero-order valence-electron chi connectivity index (χ0n) is 15.8. The van der Waals surface area contributed by atoms with Gasteiger partial charge in [0.15, 0.2) is 18.1 Å². The van der Waals surface area contributed by atoms with Crippen LogP contribution < -0.4 is 25.1 Å². The third kappa shape index (κ3) is 4.57. The molecule has 8 nitrogen and oxygen atoms in total. The summed E-state index contributed by atoms with van der Waals surface area (Å²) in [5.41, 5.74) is 0.921. The van der Waals surface area contributed by atoms with E-state index in [-0.39, 0.29) is 43.8 Å². The zero-order chi connectivity index (χ0) is 20.9. The van der Waals surface area contributed by atoms with Crippen molar-refractivity contribution in [1.29, 1.82) is 0 Å². The molecule has 9 heteroatoms. The van der Waals surface area contributed by atoms with Crippen molar-refractivity contribution < 1.29 is 23.4 Å². The molecule has 0 radical (unpaired) electrons. The van der Waals surface area contributed by atoms with Gasteiger partial charge in [0.25, 0.3) is 11.5 Å². The summed E-state index contributed by atoms with van der Waals surface area (Å²) in [6, 6.07) is 13.8. The van der Waals surface area contributed by atoms with E-state index in [2.05, 4.69) is 10.4 Å². The molecule has 1 aromatic heterocycles. The molecular weight excluding hydrogens is 393 g/mol. The lowest BCUT2D eigenvalue weighted by molar-refractivity contribution is -0.123. The second kappa shape index (κ2) is 8.64. The van der Waals surface area contributed by atoms with Crippen LogP contribution in [0.1, 0.15) is 0 Å². The Balaban J connectivity index is 1.29. The molecule has 4 rings (SSSR count). The summed E-state index contributed by atoms with van der Waals surface area (Å²) in [6.45, 7) is 0.360. The van der Waals surface area contributed by atoms with Crippen molar-refractivity contribution in [2.75, 3.05) is 19.9 Å². The Bertz CT molecular complexity index is 1110. The number of ether oxygens (including phenoxy) is 3. The SMILES string of the molecule is O=C(COc1ccc2c(c1)OCO2)NCCn1nc(-c2ccc(F)cc2)ccc1=O. The number of nitrogens with zero attached hydrogens (tertiary/aromatic N) is 2. The Labute approximate surface area is 170 Å². The van der Waals surface area contributed by atoms with Gasteiger partial charge in [0.05, 0.1) is 12.2 Å². The van der Waals surface area contributed by atoms with Crippen molar-refractivity contribution in [3.63, 3.8) is 0 Å². The predicted molar refractivity (Wildman–Crippen MR) is 105 cm³/mol. The topological polar surface area (TPSA) is 91.7 Å². The Morgan fingerprint density at radius 2 is 1.90 bits per heavy atom. The van der Waals surface area contributed by atoms with E-state index in [0.717, 1.165) is 0 Å². The lowest BCUT2D eigenvalue weighted by Crippen LogP contribution is -2.34. The highest BCUT2D eigenvalue weighted by atomic mass is 19.1. The average Bonchev–Trinajstić information content (AvgIpc) is 3.22. The molecule has 1 amide bonds. The molecular formula is C21H18FN3O5. The number of carbonyl (C=O) groups excluding carboxylic acids is 1. The molecule has 0 saturated carbocycles. The molecule has 2 heterocycles. The van der Waals surface area contributed by atoms with Gasteiger partial charge in [0.1, 0.15) is 11.6 Å². The van der Waals surface area contributed by atoms with Crippen LogP contribution in [0.2, 0.25) is 0 Å². The summed E-state index contributed by atoms with van der Waals surface area (Å²) >= 11 is 0. The smallest absolute Gasteiger partial charge is 0.266 e. The molecule has 30 heavy (non-hydrogen) atoms. The van der Waals surface area contributed by atoms with Gasteiger partial charge in [0.2, 0.25) is 6.79 Å². The van der Waals surface area contributed by atoms with Gasteiger partial charge in [-0.05, 0) is 42.5 Å². The summed E-state index contributed by atoms with van der Waals surface area (Å²) in [5, 5.41) is 6.95. The predicted octanol–water partition coefficient (Wildman–Crippen LogP) is 1.97. The maximum Gasteiger partial charge on any atom is 0.266 e. The van der Waals surface area contributed by atoms with Crippen LogP contribution in [-0.2, 0) is 11.3 Å². The van der Waals surface area contributed by atoms with Crippen molar-refractivity contribution >= 4 is 5.91 Å². The maximum absolute atomic E-state index is 13.1. The van der Waals surface area contributed by atoms with Gasteiger partial charge in [-0.25, -0.2) is 9.07 Å². The summed E-state index contributed by atoms with van der Waals surface area (Å²) in [4.78, 5) is 24.0. The third-order valence-electron chi connectivity index (χ3n) is 4.37. The molecule has 1 N–H and O–H groups in total. The molecule has 0 fully saturated rings. The summed E-state index contributed by atoms with van der Waals surface area (Å²) in [5.74, 6) is 0.999. The molecule has 0 atom stereocenters. The van der Waals surface area contributed by atoms with E-state index in [1.54, 1.807) is 36.4 Å². The van der Waals surface area contributed by atoms with Crippen LogP contribution in [0.3, 0.4) is 0 Å². The van der Waals surface area contributed by atoms with Crippen LogP contribution in [0, 0.1) is 5.82 Å². The number of aromatic nitrogens is 2. The van der Waals surface area contributed by atoms with Crippen LogP contribution in [-0.4, -0.2) is 35.6 Å². The minimum Gasteiger partial charge on any atom is -0.484 e. The van der Waals surface area contributed by atoms with Gasteiger partial charge in [-0.3, -0.25) is 9.59 Å². The number of hydrogen-bond donors (Lipinski definition) is 1. The van der Waals surface area contributed by atoms with Crippen molar-refractivity contribution in [2.24, 2.45) is 0 Å². The number of hydrogen-bond acceptors (Lipinski definition) is 6. The van der Waals surface area contributed by atoms with Crippen LogP contribution in [0.25, 0.3) is 11.3 Å². The highest BCUT2D eigenvalue weighted by Crippen LogP contribution is 2.34. The molecule has 0 bridgehead atoms. The fourth-order valence-electron chi connectivity index (χ4n) is 2.85. The van der Waals surface area contributed by atoms with Gasteiger partial charge in [-0.15, -0.1) is 0 Å². The molecule has 3 aromatic rings. The van der Waals surface area contributed by atoms with Crippen molar-refractivity contribution in [2.45, 2.75) is 6.54 Å². The molecule has 0 spiro atoms. The first-order valence-corrected chi connectivity index (χ1v) is 9.22. The average molecular weight is 411 g/mol. The van der Waals surface area contributed by atoms with Gasteiger partial charge in [0, 0.05) is 24.2 Å². The van der Waals surface area contributed by atoms with E-state index >= 15 is 0 Å². The first-order chi connectivity index (χ1) is 14.6. The number of carbonyl (C=O) groups is 1. The van der Waals surface area contributed by atoms with E-state index in [1.807, 2.05) is 0 Å². The second-order valence-electron chi connectivity index (χ2n) is 6.44. The molecule has 0 unspecified atom stereocenters. The highest BCUT2D eigenvalue weighted by Gasteiger charge is 2.14. The Kier molecular flexibility index (Phi) is 5.60. The van der Waals surface area contributed by atoms with Crippen LogP contribution >= 0.6 is 0 Å². The van der Waals surface area contributed by atoms with E-state index < -0.39 is 0 Å². The number of nitrogens with one attached hydrogen (secondary N) is 1. The normalized spacial score (nSPS) is 11.9. The number of amides is 1. The third-order valence-corrected chi connectivity index (χ3v) is 4.37. The van der Waals surface area contributed by atoms with Gasteiger partial charge in [-0.1, -0.05) is 0 Å². The monoisotopic (exact) mass is 411 g/mol. The van der Waals surface area contributed by atoms with Crippen LogP contribution in [0.4, 0.5) is 4.39 Å². The fraction of sp³-hybridized carbons (Fsp3) is 0.190. The number of halogens is 1. The number of fused-ring (bicyclic) bond motifs is 1. The lowest BCUT2D eigenvalue weighted by atomic mass is 10.1. The largest absolute Gasteiger partial charge is 0.484 e. The van der Waals surface area contributed by atoms with Crippen molar-refractivity contribution in [3.05, 3.63) is 70.8 Å². The van der Waals surface area contributed by atoms with Crippen molar-refractivity contribution in [3.8, 4) is 28.5 Å². The lowest BCUT2D eigenvalue weighted by Gasteiger charge is -2.10.